The molecule has 0 spiro atoms. The maximum atomic E-state index is 11.1. The predicted molar refractivity (Wildman–Crippen MR) is 73.9 cm³/mol. The van der Waals surface area contributed by atoms with Crippen LogP contribution in [0.5, 0.6) is 0 Å². The number of morpholine rings is 1. The zero-order valence-corrected chi connectivity index (χ0v) is 11.9. The van der Waals surface area contributed by atoms with E-state index in [0.717, 1.165) is 5.69 Å². The van der Waals surface area contributed by atoms with Crippen molar-refractivity contribution in [2.45, 2.75) is 32.5 Å². The van der Waals surface area contributed by atoms with Crippen molar-refractivity contribution in [2.75, 3.05) is 24.6 Å². The van der Waals surface area contributed by atoms with Crippen molar-refractivity contribution in [3.8, 4) is 0 Å². The monoisotopic (exact) mass is 281 g/mol. The van der Waals surface area contributed by atoms with Crippen molar-refractivity contribution in [1.29, 1.82) is 0 Å². The Bertz CT molecular complexity index is 518. The molecule has 1 N–H and O–H groups in total. The summed E-state index contributed by atoms with van der Waals surface area (Å²) in [6.07, 6.45) is -0.374. The van der Waals surface area contributed by atoms with Crippen LogP contribution in [0.4, 0.5) is 11.5 Å². The van der Waals surface area contributed by atoms with Crippen LogP contribution in [-0.2, 0) is 4.74 Å². The van der Waals surface area contributed by atoms with Gasteiger partial charge in [-0.05, 0) is 26.8 Å². The number of ether oxygens (including phenoxy) is 1. The fraction of sp³-hybridized carbons (Fsp3) is 0.615. The van der Waals surface area contributed by atoms with Gasteiger partial charge in [0.2, 0.25) is 5.82 Å². The molecule has 1 unspecified atom stereocenters. The summed E-state index contributed by atoms with van der Waals surface area (Å²) in [6, 6.07) is 3.09. The summed E-state index contributed by atoms with van der Waals surface area (Å²) < 4.78 is 5.72. The van der Waals surface area contributed by atoms with Gasteiger partial charge in [0, 0.05) is 24.8 Å². The smallest absolute Gasteiger partial charge is 0.311 e. The van der Waals surface area contributed by atoms with E-state index in [1.807, 2.05) is 18.7 Å². The molecule has 110 valence electrons. The van der Waals surface area contributed by atoms with Crippen molar-refractivity contribution in [3.63, 3.8) is 0 Å². The molecule has 1 saturated heterocycles. The zero-order chi connectivity index (χ0) is 14.9. The molecule has 0 amide bonds. The Balaban J connectivity index is 2.39. The second-order valence-electron chi connectivity index (χ2n) is 5.62. The highest BCUT2D eigenvalue weighted by atomic mass is 16.6. The first-order chi connectivity index (χ1) is 9.32. The average molecular weight is 281 g/mol. The van der Waals surface area contributed by atoms with Gasteiger partial charge < -0.3 is 14.7 Å². The van der Waals surface area contributed by atoms with E-state index in [4.69, 9.17) is 4.74 Å². The Morgan fingerprint density at radius 3 is 2.90 bits per heavy atom. The predicted octanol–water partition coefficient (Wildman–Crippen LogP) is 1.27. The summed E-state index contributed by atoms with van der Waals surface area (Å²) >= 11 is 0. The minimum atomic E-state index is -0.495. The number of anilines is 1. The second-order valence-corrected chi connectivity index (χ2v) is 5.62. The molecule has 1 aromatic heterocycles. The number of nitro groups is 1. The number of hydrogen-bond acceptors (Lipinski definition) is 6. The van der Waals surface area contributed by atoms with Crippen LogP contribution in [-0.4, -0.2) is 46.4 Å². The van der Waals surface area contributed by atoms with Crippen molar-refractivity contribution < 1.29 is 14.8 Å². The fourth-order valence-corrected chi connectivity index (χ4v) is 2.46. The summed E-state index contributed by atoms with van der Waals surface area (Å²) in [5.74, 6) is 0.338. The molecule has 1 fully saturated rings. The molecule has 0 aliphatic carbocycles. The third-order valence-corrected chi connectivity index (χ3v) is 3.17. The first-order valence-electron chi connectivity index (χ1n) is 6.48. The molecule has 7 heteroatoms. The molecule has 1 aliphatic rings. The molecular weight excluding hydrogens is 262 g/mol. The van der Waals surface area contributed by atoms with Gasteiger partial charge in [0.05, 0.1) is 23.2 Å². The summed E-state index contributed by atoms with van der Waals surface area (Å²) in [5.41, 5.74) is 0.200. The highest BCUT2D eigenvalue weighted by Crippen LogP contribution is 2.31. The van der Waals surface area contributed by atoms with Crippen LogP contribution in [0.3, 0.4) is 0 Å². The molecule has 0 aromatic carbocycles. The Morgan fingerprint density at radius 1 is 1.60 bits per heavy atom. The first-order valence-corrected chi connectivity index (χ1v) is 6.48. The van der Waals surface area contributed by atoms with E-state index in [9.17, 15) is 15.2 Å². The summed E-state index contributed by atoms with van der Waals surface area (Å²) in [5, 5.41) is 20.5. The topological polar surface area (TPSA) is 88.7 Å². The summed E-state index contributed by atoms with van der Waals surface area (Å²) in [7, 11) is 0. The number of aliphatic hydroxyl groups excluding tert-OH is 1. The van der Waals surface area contributed by atoms with Crippen LogP contribution in [0, 0.1) is 17.0 Å². The lowest BCUT2D eigenvalue weighted by Gasteiger charge is -2.42. The van der Waals surface area contributed by atoms with Crippen LogP contribution in [0.25, 0.3) is 0 Å². The Hall–Kier alpha value is -1.73. The van der Waals surface area contributed by atoms with E-state index in [1.54, 1.807) is 13.0 Å². The van der Waals surface area contributed by atoms with Crippen LogP contribution in [0.1, 0.15) is 19.5 Å². The van der Waals surface area contributed by atoms with E-state index in [-0.39, 0.29) is 18.4 Å². The molecule has 20 heavy (non-hydrogen) atoms. The minimum absolute atomic E-state index is 0.0232. The van der Waals surface area contributed by atoms with E-state index in [2.05, 4.69) is 4.98 Å². The van der Waals surface area contributed by atoms with Gasteiger partial charge in [-0.15, -0.1) is 0 Å². The standard InChI is InChI=1S/C13H19N3O4/c1-9-4-5-11(16(18)19)12(14-9)15-6-10(7-17)20-13(2,3)8-15/h4-5,10,17H,6-8H2,1-3H3. The number of pyridine rings is 1. The second kappa shape index (κ2) is 5.34. The van der Waals surface area contributed by atoms with Gasteiger partial charge in [0.25, 0.3) is 0 Å². The SMILES string of the molecule is Cc1ccc([N+](=O)[O-])c(N2CC(CO)OC(C)(C)C2)n1. The maximum Gasteiger partial charge on any atom is 0.311 e. The van der Waals surface area contributed by atoms with Crippen molar-refractivity contribution in [2.24, 2.45) is 0 Å². The Labute approximate surface area is 117 Å². The van der Waals surface area contributed by atoms with Crippen LogP contribution >= 0.6 is 0 Å². The Kier molecular flexibility index (Phi) is 3.92. The van der Waals surface area contributed by atoms with Gasteiger partial charge in [-0.1, -0.05) is 0 Å². The van der Waals surface area contributed by atoms with E-state index < -0.39 is 10.5 Å². The lowest BCUT2D eigenvalue weighted by atomic mass is 10.1. The largest absolute Gasteiger partial charge is 0.394 e. The summed E-state index contributed by atoms with van der Waals surface area (Å²) in [6.45, 7) is 6.33. The third kappa shape index (κ3) is 3.05. The van der Waals surface area contributed by atoms with Crippen LogP contribution in [0.2, 0.25) is 0 Å². The number of aryl methyl sites for hydroxylation is 1. The lowest BCUT2D eigenvalue weighted by molar-refractivity contribution is -0.384. The highest BCUT2D eigenvalue weighted by molar-refractivity contribution is 5.58. The van der Waals surface area contributed by atoms with Crippen LogP contribution < -0.4 is 4.90 Å². The number of nitrogens with zero attached hydrogens (tertiary/aromatic N) is 3. The van der Waals surface area contributed by atoms with E-state index in [0.29, 0.717) is 18.9 Å². The van der Waals surface area contributed by atoms with Gasteiger partial charge in [0.1, 0.15) is 0 Å². The number of aromatic nitrogens is 1. The number of rotatable bonds is 3. The number of hydrogen-bond donors (Lipinski definition) is 1. The maximum absolute atomic E-state index is 11.1. The molecule has 0 bridgehead atoms. The van der Waals surface area contributed by atoms with Crippen LogP contribution in [0.15, 0.2) is 12.1 Å². The third-order valence-electron chi connectivity index (χ3n) is 3.17. The first kappa shape index (κ1) is 14.7. The molecule has 2 rings (SSSR count). The molecule has 7 nitrogen and oxygen atoms in total. The lowest BCUT2D eigenvalue weighted by Crippen LogP contribution is -2.54. The fourth-order valence-electron chi connectivity index (χ4n) is 2.46. The van der Waals surface area contributed by atoms with Crippen molar-refractivity contribution >= 4 is 11.5 Å². The van der Waals surface area contributed by atoms with Gasteiger partial charge in [-0.3, -0.25) is 10.1 Å². The molecule has 1 aliphatic heterocycles. The molecule has 2 heterocycles. The Morgan fingerprint density at radius 2 is 2.30 bits per heavy atom. The normalized spacial score (nSPS) is 21.8. The van der Waals surface area contributed by atoms with Crippen molar-refractivity contribution in [1.82, 2.24) is 4.98 Å². The molecule has 0 saturated carbocycles. The molecule has 1 aromatic rings. The number of aliphatic hydroxyl groups is 1. The molecule has 1 atom stereocenters. The highest BCUT2D eigenvalue weighted by Gasteiger charge is 2.36. The molecular formula is C13H19N3O4. The quantitative estimate of drug-likeness (QED) is 0.663. The van der Waals surface area contributed by atoms with Gasteiger partial charge in [0.15, 0.2) is 0 Å². The zero-order valence-electron chi connectivity index (χ0n) is 11.9. The van der Waals surface area contributed by atoms with Crippen molar-refractivity contribution in [3.05, 3.63) is 27.9 Å². The van der Waals surface area contributed by atoms with Gasteiger partial charge in [-0.2, -0.15) is 0 Å². The van der Waals surface area contributed by atoms with Gasteiger partial charge in [-0.25, -0.2) is 4.98 Å². The van der Waals surface area contributed by atoms with Gasteiger partial charge >= 0.3 is 5.69 Å². The average Bonchev–Trinajstić information content (AvgIpc) is 2.36. The van der Waals surface area contributed by atoms with E-state index >= 15 is 0 Å². The minimum Gasteiger partial charge on any atom is -0.394 e. The van der Waals surface area contributed by atoms with E-state index in [1.165, 1.54) is 6.07 Å². The molecule has 0 radical (unpaired) electrons. The summed E-state index contributed by atoms with van der Waals surface area (Å²) in [4.78, 5) is 16.8.